The maximum atomic E-state index is 12.2. The molecule has 0 aliphatic heterocycles. The number of nitriles is 1. The van der Waals surface area contributed by atoms with Crippen LogP contribution in [-0.2, 0) is 11.2 Å². The normalized spacial score (nSPS) is 10.1. The molecule has 0 aromatic carbocycles. The predicted molar refractivity (Wildman–Crippen MR) is 100 cm³/mol. The number of nitrogens with one attached hydrogen (secondary N) is 1. The number of rotatable bonds is 5. The van der Waals surface area contributed by atoms with Crippen molar-refractivity contribution < 1.29 is 9.53 Å². The van der Waals surface area contributed by atoms with E-state index < -0.39 is 0 Å². The maximum Gasteiger partial charge on any atom is 0.230 e. The van der Waals surface area contributed by atoms with Crippen LogP contribution in [0.3, 0.4) is 0 Å². The van der Waals surface area contributed by atoms with Crippen molar-refractivity contribution in [3.8, 4) is 23.1 Å². The zero-order valence-electron chi connectivity index (χ0n) is 14.3. The van der Waals surface area contributed by atoms with Crippen LogP contribution >= 0.6 is 11.6 Å². The number of carbonyl (C=O) groups excluding carboxylic acids is 1. The second kappa shape index (κ2) is 8.25. The Balaban J connectivity index is 1.67. The zero-order valence-corrected chi connectivity index (χ0v) is 15.1. The molecule has 1 amide bonds. The van der Waals surface area contributed by atoms with E-state index in [1.165, 1.54) is 13.3 Å². The first-order chi connectivity index (χ1) is 13.1. The van der Waals surface area contributed by atoms with E-state index in [-0.39, 0.29) is 12.3 Å². The highest BCUT2D eigenvalue weighted by atomic mass is 35.5. The number of carbonyl (C=O) groups is 1. The number of halogens is 1. The molecule has 1 N–H and O–H groups in total. The Morgan fingerprint density at radius 2 is 2.07 bits per heavy atom. The number of hydrogen-bond acceptors (Lipinski definition) is 6. The molecule has 0 saturated carbocycles. The molecule has 134 valence electrons. The number of nitrogens with zero attached hydrogens (tertiary/aromatic N) is 4. The summed E-state index contributed by atoms with van der Waals surface area (Å²) in [7, 11) is 1.49. The van der Waals surface area contributed by atoms with Crippen molar-refractivity contribution in [2.45, 2.75) is 6.42 Å². The standard InChI is InChI=1S/C19H14ClN5O2/c1-27-17-8-18(24-11-15(17)20)25-19(26)6-12-2-3-16(23-10-12)13-4-5-22-14(7-13)9-21/h2-5,7-8,10-11H,6H2,1H3,(H,24,25,26). The first-order valence-corrected chi connectivity index (χ1v) is 8.27. The van der Waals surface area contributed by atoms with Gasteiger partial charge in [-0.2, -0.15) is 5.26 Å². The molecule has 3 aromatic rings. The summed E-state index contributed by atoms with van der Waals surface area (Å²) >= 11 is 5.92. The summed E-state index contributed by atoms with van der Waals surface area (Å²) < 4.78 is 5.10. The molecule has 0 aliphatic carbocycles. The largest absolute Gasteiger partial charge is 0.495 e. The fraction of sp³-hybridized carbons (Fsp3) is 0.105. The average Bonchev–Trinajstić information content (AvgIpc) is 2.70. The zero-order chi connectivity index (χ0) is 19.2. The van der Waals surface area contributed by atoms with Gasteiger partial charge in [-0.3, -0.25) is 9.78 Å². The summed E-state index contributed by atoms with van der Waals surface area (Å²) in [4.78, 5) is 24.5. The number of hydrogen-bond donors (Lipinski definition) is 1. The first kappa shape index (κ1) is 18.3. The summed E-state index contributed by atoms with van der Waals surface area (Å²) in [5.41, 5.74) is 2.55. The highest BCUT2D eigenvalue weighted by Crippen LogP contribution is 2.25. The molecule has 0 spiro atoms. The topological polar surface area (TPSA) is 101 Å². The van der Waals surface area contributed by atoms with Crippen LogP contribution in [-0.4, -0.2) is 28.0 Å². The molecule has 0 radical (unpaired) electrons. The number of anilines is 1. The van der Waals surface area contributed by atoms with Crippen molar-refractivity contribution in [2.24, 2.45) is 0 Å². The van der Waals surface area contributed by atoms with E-state index in [9.17, 15) is 4.79 Å². The minimum atomic E-state index is -0.239. The molecule has 0 unspecified atom stereocenters. The van der Waals surface area contributed by atoms with Gasteiger partial charge >= 0.3 is 0 Å². The molecule has 0 bridgehead atoms. The van der Waals surface area contributed by atoms with Crippen LogP contribution in [0.2, 0.25) is 5.02 Å². The van der Waals surface area contributed by atoms with Crippen molar-refractivity contribution >= 4 is 23.3 Å². The third-order valence-corrected chi connectivity index (χ3v) is 3.95. The Morgan fingerprint density at radius 3 is 2.78 bits per heavy atom. The lowest BCUT2D eigenvalue weighted by atomic mass is 10.1. The number of amides is 1. The van der Waals surface area contributed by atoms with Crippen molar-refractivity contribution in [3.63, 3.8) is 0 Å². The van der Waals surface area contributed by atoms with Crippen LogP contribution in [0.25, 0.3) is 11.3 Å². The summed E-state index contributed by atoms with van der Waals surface area (Å²) in [5, 5.41) is 12.0. The number of ether oxygens (including phenoxy) is 1. The van der Waals surface area contributed by atoms with E-state index in [1.807, 2.05) is 12.1 Å². The molecule has 0 saturated heterocycles. The summed E-state index contributed by atoms with van der Waals surface area (Å²) in [6.07, 6.45) is 4.73. The quantitative estimate of drug-likeness (QED) is 0.730. The van der Waals surface area contributed by atoms with Crippen LogP contribution in [0.1, 0.15) is 11.3 Å². The third-order valence-electron chi connectivity index (χ3n) is 3.67. The number of aromatic nitrogens is 3. The summed E-state index contributed by atoms with van der Waals surface area (Å²) in [5.74, 6) is 0.547. The van der Waals surface area contributed by atoms with Gasteiger partial charge in [-0.15, -0.1) is 0 Å². The van der Waals surface area contributed by atoms with E-state index in [0.717, 1.165) is 11.1 Å². The molecule has 0 atom stereocenters. The molecule has 7 nitrogen and oxygen atoms in total. The van der Waals surface area contributed by atoms with E-state index >= 15 is 0 Å². The van der Waals surface area contributed by atoms with Crippen molar-refractivity contribution in [2.75, 3.05) is 12.4 Å². The SMILES string of the molecule is COc1cc(NC(=O)Cc2ccc(-c3ccnc(C#N)c3)nc2)ncc1Cl. The fourth-order valence-corrected chi connectivity index (χ4v) is 2.55. The van der Waals surface area contributed by atoms with E-state index in [1.54, 1.807) is 36.7 Å². The molecular weight excluding hydrogens is 366 g/mol. The average molecular weight is 380 g/mol. The molecule has 3 heterocycles. The van der Waals surface area contributed by atoms with Gasteiger partial charge in [0, 0.05) is 24.0 Å². The lowest BCUT2D eigenvalue weighted by Gasteiger charge is -2.08. The Bertz CT molecular complexity index is 1020. The smallest absolute Gasteiger partial charge is 0.230 e. The highest BCUT2D eigenvalue weighted by Gasteiger charge is 2.09. The van der Waals surface area contributed by atoms with Gasteiger partial charge in [0.25, 0.3) is 0 Å². The minimum absolute atomic E-state index is 0.139. The second-order valence-corrected chi connectivity index (χ2v) is 5.93. The summed E-state index contributed by atoms with van der Waals surface area (Å²) in [6, 6.07) is 10.6. The minimum Gasteiger partial charge on any atom is -0.495 e. The van der Waals surface area contributed by atoms with Gasteiger partial charge in [-0.1, -0.05) is 17.7 Å². The van der Waals surface area contributed by atoms with Crippen molar-refractivity contribution in [3.05, 3.63) is 65.2 Å². The molecular formula is C19H14ClN5O2. The molecule has 3 aromatic heterocycles. The third kappa shape index (κ3) is 4.57. The van der Waals surface area contributed by atoms with Crippen molar-refractivity contribution in [1.82, 2.24) is 15.0 Å². The number of pyridine rings is 3. The van der Waals surface area contributed by atoms with Gasteiger partial charge in [0.1, 0.15) is 28.4 Å². The molecule has 8 heteroatoms. The number of methoxy groups -OCH3 is 1. The van der Waals surface area contributed by atoms with Gasteiger partial charge in [0.2, 0.25) is 5.91 Å². The van der Waals surface area contributed by atoms with Gasteiger partial charge in [0.15, 0.2) is 0 Å². The molecule has 0 aliphatic rings. The second-order valence-electron chi connectivity index (χ2n) is 5.52. The van der Waals surface area contributed by atoms with Gasteiger partial charge in [-0.25, -0.2) is 9.97 Å². The Kier molecular flexibility index (Phi) is 5.59. The lowest BCUT2D eigenvalue weighted by molar-refractivity contribution is -0.115. The summed E-state index contributed by atoms with van der Waals surface area (Å²) in [6.45, 7) is 0. The van der Waals surface area contributed by atoms with Gasteiger partial charge < -0.3 is 10.1 Å². The molecule has 3 rings (SSSR count). The van der Waals surface area contributed by atoms with Crippen LogP contribution in [0.15, 0.2) is 48.9 Å². The van der Waals surface area contributed by atoms with E-state index in [0.29, 0.717) is 28.0 Å². The van der Waals surface area contributed by atoms with E-state index in [4.69, 9.17) is 21.6 Å². The first-order valence-electron chi connectivity index (χ1n) is 7.90. The molecule has 27 heavy (non-hydrogen) atoms. The molecule has 0 fully saturated rings. The highest BCUT2D eigenvalue weighted by molar-refractivity contribution is 6.32. The Hall–Kier alpha value is -3.50. The van der Waals surface area contributed by atoms with Gasteiger partial charge in [0.05, 0.1) is 25.4 Å². The Morgan fingerprint density at radius 1 is 1.22 bits per heavy atom. The van der Waals surface area contributed by atoms with E-state index in [2.05, 4.69) is 20.3 Å². The lowest BCUT2D eigenvalue weighted by Crippen LogP contribution is -2.15. The Labute approximate surface area is 160 Å². The van der Waals surface area contributed by atoms with Crippen LogP contribution in [0.4, 0.5) is 5.82 Å². The van der Waals surface area contributed by atoms with Crippen LogP contribution < -0.4 is 10.1 Å². The monoisotopic (exact) mass is 379 g/mol. The predicted octanol–water partition coefficient (Wildman–Crippen LogP) is 3.25. The van der Waals surface area contributed by atoms with Gasteiger partial charge in [-0.05, 0) is 23.8 Å². The fourth-order valence-electron chi connectivity index (χ4n) is 2.37. The maximum absolute atomic E-state index is 12.2. The van der Waals surface area contributed by atoms with Crippen LogP contribution in [0, 0.1) is 11.3 Å². The van der Waals surface area contributed by atoms with Crippen LogP contribution in [0.5, 0.6) is 5.75 Å². The van der Waals surface area contributed by atoms with Crippen molar-refractivity contribution in [1.29, 1.82) is 5.26 Å².